The van der Waals surface area contributed by atoms with Gasteiger partial charge in [-0.3, -0.25) is 0 Å². The highest BCUT2D eigenvalue weighted by molar-refractivity contribution is 7.80. The Balaban J connectivity index is 2.03. The van der Waals surface area contributed by atoms with Crippen LogP contribution in [0.25, 0.3) is 0 Å². The third-order valence-corrected chi connectivity index (χ3v) is 3.45. The van der Waals surface area contributed by atoms with Gasteiger partial charge < -0.3 is 15.4 Å². The fourth-order valence-electron chi connectivity index (χ4n) is 1.57. The summed E-state index contributed by atoms with van der Waals surface area (Å²) in [6.07, 6.45) is 0. The minimum atomic E-state index is 0.455. The molecule has 0 saturated carbocycles. The van der Waals surface area contributed by atoms with Crippen LogP contribution in [0.2, 0.25) is 10.0 Å². The van der Waals surface area contributed by atoms with Crippen LogP contribution in [-0.2, 0) is 0 Å². The SMILES string of the molecule is COc1cccc(NC(=S)Nc2ccc(Cl)c(Cl)c2)c1. The van der Waals surface area contributed by atoms with E-state index in [-0.39, 0.29) is 0 Å². The molecule has 0 aliphatic carbocycles. The molecule has 2 N–H and O–H groups in total. The van der Waals surface area contributed by atoms with Gasteiger partial charge in [0.2, 0.25) is 0 Å². The normalized spacial score (nSPS) is 9.95. The highest BCUT2D eigenvalue weighted by atomic mass is 35.5. The Morgan fingerprint density at radius 2 is 1.70 bits per heavy atom. The molecule has 0 unspecified atom stereocenters. The molecule has 0 amide bonds. The molecule has 6 heteroatoms. The predicted octanol–water partition coefficient (Wildman–Crippen LogP) is 4.81. The Bertz CT molecular complexity index is 634. The Labute approximate surface area is 132 Å². The van der Waals surface area contributed by atoms with E-state index in [1.54, 1.807) is 25.3 Å². The third kappa shape index (κ3) is 4.00. The molecule has 3 nitrogen and oxygen atoms in total. The van der Waals surface area contributed by atoms with Crippen LogP contribution in [0.15, 0.2) is 42.5 Å². The first-order valence-corrected chi connectivity index (χ1v) is 6.92. The van der Waals surface area contributed by atoms with Crippen LogP contribution in [0.5, 0.6) is 5.75 Å². The van der Waals surface area contributed by atoms with Crippen molar-refractivity contribution in [3.63, 3.8) is 0 Å². The van der Waals surface area contributed by atoms with Crippen LogP contribution >= 0.6 is 35.4 Å². The van der Waals surface area contributed by atoms with Crippen LogP contribution < -0.4 is 15.4 Å². The number of ether oxygens (including phenoxy) is 1. The van der Waals surface area contributed by atoms with E-state index in [1.165, 1.54) is 0 Å². The Hall–Kier alpha value is -1.49. The number of anilines is 2. The van der Waals surface area contributed by atoms with E-state index in [4.69, 9.17) is 40.2 Å². The zero-order valence-electron chi connectivity index (χ0n) is 10.6. The van der Waals surface area contributed by atoms with E-state index < -0.39 is 0 Å². The predicted molar refractivity (Wildman–Crippen MR) is 89.3 cm³/mol. The molecule has 0 bridgehead atoms. The van der Waals surface area contributed by atoms with Gasteiger partial charge in [0.05, 0.1) is 17.2 Å². The zero-order chi connectivity index (χ0) is 14.5. The standard InChI is InChI=1S/C14H12Cl2N2OS/c1-19-11-4-2-3-9(7-11)17-14(20)18-10-5-6-12(15)13(16)8-10/h2-8H,1H3,(H2,17,18,20). The molecule has 104 valence electrons. The molecule has 2 aromatic rings. The van der Waals surface area contributed by atoms with Crippen LogP contribution in [0.1, 0.15) is 0 Å². The van der Waals surface area contributed by atoms with Gasteiger partial charge in [0.1, 0.15) is 5.75 Å². The summed E-state index contributed by atoms with van der Waals surface area (Å²) in [5.74, 6) is 0.757. The fraction of sp³-hybridized carbons (Fsp3) is 0.0714. The summed E-state index contributed by atoms with van der Waals surface area (Å²) in [4.78, 5) is 0. The van der Waals surface area contributed by atoms with Crippen molar-refractivity contribution < 1.29 is 4.74 Å². The van der Waals surface area contributed by atoms with Crippen molar-refractivity contribution in [1.82, 2.24) is 0 Å². The van der Waals surface area contributed by atoms with Gasteiger partial charge in [0.25, 0.3) is 0 Å². The lowest BCUT2D eigenvalue weighted by Crippen LogP contribution is -2.18. The smallest absolute Gasteiger partial charge is 0.175 e. The first-order valence-electron chi connectivity index (χ1n) is 5.75. The quantitative estimate of drug-likeness (QED) is 0.793. The second-order valence-corrected chi connectivity index (χ2v) is 5.16. The van der Waals surface area contributed by atoms with Crippen molar-refractivity contribution in [2.45, 2.75) is 0 Å². The molecule has 0 fully saturated rings. The maximum atomic E-state index is 5.94. The van der Waals surface area contributed by atoms with Crippen molar-refractivity contribution in [3.05, 3.63) is 52.5 Å². The van der Waals surface area contributed by atoms with Crippen molar-refractivity contribution in [1.29, 1.82) is 0 Å². The topological polar surface area (TPSA) is 33.3 Å². The number of thiocarbonyl (C=S) groups is 1. The number of halogens is 2. The van der Waals surface area contributed by atoms with Gasteiger partial charge in [0.15, 0.2) is 5.11 Å². The number of rotatable bonds is 3. The lowest BCUT2D eigenvalue weighted by atomic mass is 10.3. The van der Waals surface area contributed by atoms with Crippen LogP contribution in [0, 0.1) is 0 Å². The summed E-state index contributed by atoms with van der Waals surface area (Å²) in [5.41, 5.74) is 1.60. The molecular formula is C14H12Cl2N2OS. The Morgan fingerprint density at radius 3 is 2.35 bits per heavy atom. The molecule has 0 aliphatic heterocycles. The summed E-state index contributed by atoms with van der Waals surface area (Å²) < 4.78 is 5.15. The number of nitrogens with one attached hydrogen (secondary N) is 2. The Morgan fingerprint density at radius 1 is 1.00 bits per heavy atom. The van der Waals surface area contributed by atoms with Gasteiger partial charge in [-0.2, -0.15) is 0 Å². The number of methoxy groups -OCH3 is 1. The van der Waals surface area contributed by atoms with Gasteiger partial charge in [-0.1, -0.05) is 29.3 Å². The van der Waals surface area contributed by atoms with E-state index in [9.17, 15) is 0 Å². The second kappa shape index (κ2) is 6.79. The van der Waals surface area contributed by atoms with Crippen molar-refractivity contribution in [2.75, 3.05) is 17.7 Å². The molecule has 2 aromatic carbocycles. The van der Waals surface area contributed by atoms with Crippen LogP contribution in [0.4, 0.5) is 11.4 Å². The number of hydrogen-bond donors (Lipinski definition) is 2. The summed E-state index contributed by atoms with van der Waals surface area (Å²) in [6, 6.07) is 12.7. The highest BCUT2D eigenvalue weighted by Crippen LogP contribution is 2.25. The first-order chi connectivity index (χ1) is 9.58. The molecule has 0 aliphatic rings. The molecule has 0 spiro atoms. The first kappa shape index (κ1) is 14.9. The summed E-state index contributed by atoms with van der Waals surface area (Å²) in [5, 5.41) is 7.53. The lowest BCUT2D eigenvalue weighted by Gasteiger charge is -2.11. The molecule has 20 heavy (non-hydrogen) atoms. The molecular weight excluding hydrogens is 315 g/mol. The fourth-order valence-corrected chi connectivity index (χ4v) is 2.10. The van der Waals surface area contributed by atoms with Gasteiger partial charge in [-0.15, -0.1) is 0 Å². The third-order valence-electron chi connectivity index (χ3n) is 2.51. The molecule has 0 heterocycles. The monoisotopic (exact) mass is 326 g/mol. The summed E-state index contributed by atoms with van der Waals surface area (Å²) in [7, 11) is 1.62. The number of benzene rings is 2. The highest BCUT2D eigenvalue weighted by Gasteiger charge is 2.03. The van der Waals surface area contributed by atoms with Gasteiger partial charge in [-0.25, -0.2) is 0 Å². The molecule has 0 atom stereocenters. The van der Waals surface area contributed by atoms with Crippen LogP contribution in [0.3, 0.4) is 0 Å². The van der Waals surface area contributed by atoms with E-state index in [0.29, 0.717) is 15.2 Å². The van der Waals surface area contributed by atoms with Crippen LogP contribution in [-0.4, -0.2) is 12.2 Å². The van der Waals surface area contributed by atoms with E-state index in [0.717, 1.165) is 17.1 Å². The van der Waals surface area contributed by atoms with Crippen molar-refractivity contribution in [3.8, 4) is 5.75 Å². The molecule has 0 radical (unpaired) electrons. The number of hydrogen-bond acceptors (Lipinski definition) is 2. The maximum absolute atomic E-state index is 5.94. The lowest BCUT2D eigenvalue weighted by molar-refractivity contribution is 0.415. The van der Waals surface area contributed by atoms with Crippen molar-refractivity contribution >= 4 is 51.9 Å². The largest absolute Gasteiger partial charge is 0.497 e. The zero-order valence-corrected chi connectivity index (χ0v) is 12.9. The van der Waals surface area contributed by atoms with Crippen molar-refractivity contribution in [2.24, 2.45) is 0 Å². The van der Waals surface area contributed by atoms with Gasteiger partial charge >= 0.3 is 0 Å². The average molecular weight is 327 g/mol. The van der Waals surface area contributed by atoms with Gasteiger partial charge in [0, 0.05) is 17.4 Å². The summed E-state index contributed by atoms with van der Waals surface area (Å²) in [6.45, 7) is 0. The Kier molecular flexibility index (Phi) is 5.06. The van der Waals surface area contributed by atoms with E-state index in [1.807, 2.05) is 24.3 Å². The maximum Gasteiger partial charge on any atom is 0.175 e. The second-order valence-electron chi connectivity index (χ2n) is 3.94. The van der Waals surface area contributed by atoms with E-state index in [2.05, 4.69) is 10.6 Å². The molecule has 2 rings (SSSR count). The minimum absolute atomic E-state index is 0.455. The minimum Gasteiger partial charge on any atom is -0.497 e. The van der Waals surface area contributed by atoms with E-state index >= 15 is 0 Å². The average Bonchev–Trinajstić information content (AvgIpc) is 2.43. The summed E-state index contributed by atoms with van der Waals surface area (Å²) >= 11 is 17.0. The molecule has 0 saturated heterocycles. The van der Waals surface area contributed by atoms with Gasteiger partial charge in [-0.05, 0) is 42.5 Å². The molecule has 0 aromatic heterocycles.